The van der Waals surface area contributed by atoms with Gasteiger partial charge in [-0.2, -0.15) is 0 Å². The van der Waals surface area contributed by atoms with Gasteiger partial charge in [0.2, 0.25) is 5.91 Å². The van der Waals surface area contributed by atoms with E-state index in [0.717, 1.165) is 6.54 Å². The first-order chi connectivity index (χ1) is 9.81. The van der Waals surface area contributed by atoms with Gasteiger partial charge in [0.1, 0.15) is 0 Å². The minimum atomic E-state index is 0.213. The fourth-order valence-corrected chi connectivity index (χ4v) is 2.55. The van der Waals surface area contributed by atoms with E-state index >= 15 is 0 Å². The van der Waals surface area contributed by atoms with Gasteiger partial charge in [0, 0.05) is 13.1 Å². The Labute approximate surface area is 119 Å². The largest absolute Gasteiger partial charge is 0.324 e. The van der Waals surface area contributed by atoms with E-state index in [1.54, 1.807) is 0 Å². The van der Waals surface area contributed by atoms with Crippen molar-refractivity contribution in [1.29, 1.82) is 0 Å². The van der Waals surface area contributed by atoms with Crippen molar-refractivity contribution in [3.8, 4) is 0 Å². The van der Waals surface area contributed by atoms with Crippen LogP contribution in [0.3, 0.4) is 0 Å². The predicted octanol–water partition coefficient (Wildman–Crippen LogP) is 2.49. The molecule has 3 heteroatoms. The van der Waals surface area contributed by atoms with Gasteiger partial charge in [-0.05, 0) is 11.1 Å². The molecule has 3 nitrogen and oxygen atoms in total. The number of rotatable bonds is 4. The highest BCUT2D eigenvalue weighted by Crippen LogP contribution is 2.14. The molecule has 0 atom stereocenters. The normalized spacial score (nSPS) is 15.8. The second kappa shape index (κ2) is 5.88. The molecule has 1 amide bonds. The molecule has 0 spiro atoms. The van der Waals surface area contributed by atoms with E-state index in [0.29, 0.717) is 19.8 Å². The summed E-state index contributed by atoms with van der Waals surface area (Å²) in [5.74, 6) is 0.213. The molecule has 0 aliphatic carbocycles. The fraction of sp³-hybridized carbons (Fsp3) is 0.235. The quantitative estimate of drug-likeness (QED) is 0.849. The molecular weight excluding hydrogens is 248 g/mol. The van der Waals surface area contributed by atoms with Gasteiger partial charge in [-0.3, -0.25) is 9.69 Å². The van der Waals surface area contributed by atoms with Crippen molar-refractivity contribution in [3.63, 3.8) is 0 Å². The van der Waals surface area contributed by atoms with E-state index in [-0.39, 0.29) is 5.91 Å². The lowest BCUT2D eigenvalue weighted by atomic mass is 10.2. The Balaban J connectivity index is 1.61. The molecule has 1 saturated heterocycles. The SMILES string of the molecule is O=C1CN(Cc2ccccc2)CN1Cc1ccccc1. The summed E-state index contributed by atoms with van der Waals surface area (Å²) in [4.78, 5) is 16.2. The van der Waals surface area contributed by atoms with E-state index in [1.165, 1.54) is 11.1 Å². The number of amides is 1. The van der Waals surface area contributed by atoms with Gasteiger partial charge >= 0.3 is 0 Å². The summed E-state index contributed by atoms with van der Waals surface area (Å²) >= 11 is 0. The van der Waals surface area contributed by atoms with Gasteiger partial charge in [-0.1, -0.05) is 60.7 Å². The molecule has 2 aromatic rings. The second-order valence-electron chi connectivity index (χ2n) is 5.19. The third-order valence-corrected chi connectivity index (χ3v) is 3.55. The Hall–Kier alpha value is -2.13. The highest BCUT2D eigenvalue weighted by atomic mass is 16.2. The van der Waals surface area contributed by atoms with Crippen LogP contribution in [0.2, 0.25) is 0 Å². The Bertz CT molecular complexity index is 568. The highest BCUT2D eigenvalue weighted by molar-refractivity contribution is 5.80. The molecular formula is C17H18N2O. The van der Waals surface area contributed by atoms with Crippen LogP contribution in [0.15, 0.2) is 60.7 Å². The minimum Gasteiger partial charge on any atom is -0.324 e. The topological polar surface area (TPSA) is 23.6 Å². The van der Waals surface area contributed by atoms with Crippen molar-refractivity contribution < 1.29 is 4.79 Å². The minimum absolute atomic E-state index is 0.213. The van der Waals surface area contributed by atoms with Gasteiger partial charge in [-0.25, -0.2) is 0 Å². The van der Waals surface area contributed by atoms with Crippen molar-refractivity contribution in [2.75, 3.05) is 13.2 Å². The third kappa shape index (κ3) is 3.06. The van der Waals surface area contributed by atoms with Crippen LogP contribution in [-0.2, 0) is 17.9 Å². The number of hydrogen-bond acceptors (Lipinski definition) is 2. The Morgan fingerprint density at radius 2 is 1.35 bits per heavy atom. The van der Waals surface area contributed by atoms with Crippen molar-refractivity contribution in [2.45, 2.75) is 13.1 Å². The molecule has 0 N–H and O–H groups in total. The van der Waals surface area contributed by atoms with Crippen LogP contribution in [0.1, 0.15) is 11.1 Å². The monoisotopic (exact) mass is 266 g/mol. The molecule has 1 aliphatic rings. The molecule has 102 valence electrons. The molecule has 0 radical (unpaired) electrons. The zero-order valence-electron chi connectivity index (χ0n) is 11.4. The first kappa shape index (κ1) is 12.9. The van der Waals surface area contributed by atoms with Gasteiger partial charge < -0.3 is 4.90 Å². The first-order valence-corrected chi connectivity index (χ1v) is 6.89. The average molecular weight is 266 g/mol. The summed E-state index contributed by atoms with van der Waals surface area (Å²) in [5, 5.41) is 0. The van der Waals surface area contributed by atoms with E-state index in [9.17, 15) is 4.79 Å². The molecule has 1 heterocycles. The van der Waals surface area contributed by atoms with Gasteiger partial charge in [-0.15, -0.1) is 0 Å². The van der Waals surface area contributed by atoms with Crippen LogP contribution < -0.4 is 0 Å². The van der Waals surface area contributed by atoms with Crippen LogP contribution in [0.25, 0.3) is 0 Å². The zero-order valence-corrected chi connectivity index (χ0v) is 11.4. The van der Waals surface area contributed by atoms with E-state index < -0.39 is 0 Å². The third-order valence-electron chi connectivity index (χ3n) is 3.55. The summed E-state index contributed by atoms with van der Waals surface area (Å²) < 4.78 is 0. The lowest BCUT2D eigenvalue weighted by molar-refractivity contribution is -0.127. The molecule has 20 heavy (non-hydrogen) atoms. The average Bonchev–Trinajstić information content (AvgIpc) is 2.81. The number of hydrogen-bond donors (Lipinski definition) is 0. The molecule has 0 saturated carbocycles. The maximum atomic E-state index is 12.1. The standard InChI is InChI=1S/C17H18N2O/c20-17-13-18(11-15-7-3-1-4-8-15)14-19(17)12-16-9-5-2-6-10-16/h1-10H,11-14H2. The molecule has 1 aliphatic heterocycles. The number of carbonyl (C=O) groups excluding carboxylic acids is 1. The summed E-state index contributed by atoms with van der Waals surface area (Å²) in [5.41, 5.74) is 2.43. The van der Waals surface area contributed by atoms with Crippen molar-refractivity contribution in [2.24, 2.45) is 0 Å². The number of carbonyl (C=O) groups is 1. The Morgan fingerprint density at radius 3 is 1.95 bits per heavy atom. The lowest BCUT2D eigenvalue weighted by Gasteiger charge is -2.18. The summed E-state index contributed by atoms with van der Waals surface area (Å²) in [7, 11) is 0. The van der Waals surface area contributed by atoms with E-state index in [2.05, 4.69) is 29.2 Å². The lowest BCUT2D eigenvalue weighted by Crippen LogP contribution is -2.26. The smallest absolute Gasteiger partial charge is 0.238 e. The Morgan fingerprint density at radius 1 is 0.800 bits per heavy atom. The number of nitrogens with zero attached hydrogens (tertiary/aromatic N) is 2. The number of benzene rings is 2. The summed E-state index contributed by atoms with van der Waals surface area (Å²) in [6.07, 6.45) is 0. The van der Waals surface area contributed by atoms with E-state index in [1.807, 2.05) is 41.3 Å². The van der Waals surface area contributed by atoms with Crippen LogP contribution in [0.4, 0.5) is 0 Å². The van der Waals surface area contributed by atoms with Crippen molar-refractivity contribution >= 4 is 5.91 Å². The molecule has 2 aromatic carbocycles. The Kier molecular flexibility index (Phi) is 3.79. The molecule has 0 bridgehead atoms. The van der Waals surface area contributed by atoms with Crippen LogP contribution in [0, 0.1) is 0 Å². The first-order valence-electron chi connectivity index (χ1n) is 6.89. The van der Waals surface area contributed by atoms with Crippen molar-refractivity contribution in [1.82, 2.24) is 9.80 Å². The van der Waals surface area contributed by atoms with Gasteiger partial charge in [0.25, 0.3) is 0 Å². The maximum absolute atomic E-state index is 12.1. The van der Waals surface area contributed by atoms with Crippen molar-refractivity contribution in [3.05, 3.63) is 71.8 Å². The second-order valence-corrected chi connectivity index (χ2v) is 5.19. The van der Waals surface area contributed by atoms with Gasteiger partial charge in [0.05, 0.1) is 13.2 Å². The summed E-state index contributed by atoms with van der Waals surface area (Å²) in [6.45, 7) is 2.76. The highest BCUT2D eigenvalue weighted by Gasteiger charge is 2.27. The zero-order chi connectivity index (χ0) is 13.8. The molecule has 3 rings (SSSR count). The van der Waals surface area contributed by atoms with E-state index in [4.69, 9.17) is 0 Å². The molecule has 0 aromatic heterocycles. The maximum Gasteiger partial charge on any atom is 0.238 e. The molecule has 1 fully saturated rings. The fourth-order valence-electron chi connectivity index (χ4n) is 2.55. The van der Waals surface area contributed by atoms with Crippen LogP contribution in [-0.4, -0.2) is 28.9 Å². The van der Waals surface area contributed by atoms with Crippen LogP contribution >= 0.6 is 0 Å². The predicted molar refractivity (Wildman–Crippen MR) is 78.7 cm³/mol. The van der Waals surface area contributed by atoms with Crippen LogP contribution in [0.5, 0.6) is 0 Å². The molecule has 0 unspecified atom stereocenters. The van der Waals surface area contributed by atoms with Gasteiger partial charge in [0.15, 0.2) is 0 Å². The summed E-state index contributed by atoms with van der Waals surface area (Å²) in [6, 6.07) is 20.4.